The third kappa shape index (κ3) is 3.13. The van der Waals surface area contributed by atoms with E-state index in [4.69, 9.17) is 10.9 Å². The van der Waals surface area contributed by atoms with Crippen LogP contribution in [-0.2, 0) is 0 Å². The molecule has 0 aromatic heterocycles. The predicted molar refractivity (Wildman–Crippen MR) is 72.3 cm³/mol. The second-order valence-corrected chi connectivity index (χ2v) is 5.60. The van der Waals surface area contributed by atoms with Crippen LogP contribution in [0.5, 0.6) is 0 Å². The quantitative estimate of drug-likeness (QED) is 0.338. The summed E-state index contributed by atoms with van der Waals surface area (Å²) in [5, 5.41) is 14.8. The molecule has 0 atom stereocenters. The molecule has 18 heavy (non-hydrogen) atoms. The molecule has 1 aliphatic carbocycles. The van der Waals surface area contributed by atoms with Crippen LogP contribution in [0, 0.1) is 11.2 Å². The number of nitrogens with zero attached hydrogens (tertiary/aromatic N) is 1. The van der Waals surface area contributed by atoms with E-state index in [0.29, 0.717) is 13.0 Å². The van der Waals surface area contributed by atoms with E-state index < -0.39 is 0 Å². The molecule has 1 aromatic rings. The third-order valence-corrected chi connectivity index (χ3v) is 3.92. The highest BCUT2D eigenvalue weighted by molar-refractivity contribution is 9.10. The zero-order chi connectivity index (χ0) is 13.2. The minimum Gasteiger partial charge on any atom is -0.409 e. The van der Waals surface area contributed by atoms with Crippen molar-refractivity contribution in [3.8, 4) is 0 Å². The smallest absolute Gasteiger partial charge is 0.139 e. The van der Waals surface area contributed by atoms with Crippen molar-refractivity contribution in [3.05, 3.63) is 28.5 Å². The van der Waals surface area contributed by atoms with Crippen LogP contribution in [0.2, 0.25) is 0 Å². The summed E-state index contributed by atoms with van der Waals surface area (Å²) in [6, 6.07) is 4.52. The molecule has 2 rings (SSSR count). The highest BCUT2D eigenvalue weighted by atomic mass is 79.9. The van der Waals surface area contributed by atoms with Crippen molar-refractivity contribution in [1.29, 1.82) is 0 Å². The van der Waals surface area contributed by atoms with Crippen LogP contribution >= 0.6 is 15.9 Å². The van der Waals surface area contributed by atoms with Crippen LogP contribution in [0.4, 0.5) is 10.1 Å². The standard InChI is InChI=1S/C12H15BrFN3O/c13-9-2-1-8(14)5-10(9)16-7-12(3-4-12)6-11(15)17-18/h1-2,5,16,18H,3-4,6-7H2,(H2,15,17). The maximum absolute atomic E-state index is 13.1. The van der Waals surface area contributed by atoms with Gasteiger partial charge in [0.05, 0.1) is 5.69 Å². The van der Waals surface area contributed by atoms with Gasteiger partial charge in [-0.1, -0.05) is 5.16 Å². The molecule has 98 valence electrons. The number of benzene rings is 1. The summed E-state index contributed by atoms with van der Waals surface area (Å²) in [7, 11) is 0. The number of hydrogen-bond acceptors (Lipinski definition) is 3. The molecular weight excluding hydrogens is 301 g/mol. The topological polar surface area (TPSA) is 70.6 Å². The highest BCUT2D eigenvalue weighted by Crippen LogP contribution is 2.48. The fourth-order valence-corrected chi connectivity index (χ4v) is 2.31. The van der Waals surface area contributed by atoms with Gasteiger partial charge in [0.25, 0.3) is 0 Å². The van der Waals surface area contributed by atoms with Crippen LogP contribution in [0.3, 0.4) is 0 Å². The van der Waals surface area contributed by atoms with E-state index in [-0.39, 0.29) is 17.1 Å². The number of hydrogen-bond donors (Lipinski definition) is 3. The van der Waals surface area contributed by atoms with Gasteiger partial charge in [-0.25, -0.2) is 4.39 Å². The molecule has 0 amide bonds. The molecule has 0 heterocycles. The number of halogens is 2. The Labute approximate surface area is 113 Å². The molecule has 0 saturated heterocycles. The van der Waals surface area contributed by atoms with Crippen LogP contribution < -0.4 is 11.1 Å². The Hall–Kier alpha value is -1.30. The summed E-state index contributed by atoms with van der Waals surface area (Å²) in [6.45, 7) is 0.686. The first-order valence-electron chi connectivity index (χ1n) is 5.70. The number of rotatable bonds is 5. The lowest BCUT2D eigenvalue weighted by atomic mass is 10.0. The third-order valence-electron chi connectivity index (χ3n) is 3.22. The Bertz CT molecular complexity index is 474. The highest BCUT2D eigenvalue weighted by Gasteiger charge is 2.43. The molecule has 0 bridgehead atoms. The number of anilines is 1. The lowest BCUT2D eigenvalue weighted by Crippen LogP contribution is -2.23. The van der Waals surface area contributed by atoms with E-state index in [1.807, 2.05) is 0 Å². The van der Waals surface area contributed by atoms with E-state index in [1.165, 1.54) is 12.1 Å². The van der Waals surface area contributed by atoms with Gasteiger partial charge in [0.2, 0.25) is 0 Å². The number of amidine groups is 1. The van der Waals surface area contributed by atoms with Crippen molar-refractivity contribution in [1.82, 2.24) is 0 Å². The van der Waals surface area contributed by atoms with Gasteiger partial charge in [0.15, 0.2) is 0 Å². The molecule has 1 aliphatic rings. The summed E-state index contributed by atoms with van der Waals surface area (Å²) in [5.41, 5.74) is 6.29. The maximum atomic E-state index is 13.1. The van der Waals surface area contributed by atoms with Crippen LogP contribution in [0.1, 0.15) is 19.3 Å². The second-order valence-electron chi connectivity index (χ2n) is 4.75. The molecule has 1 fully saturated rings. The van der Waals surface area contributed by atoms with Crippen LogP contribution in [0.15, 0.2) is 27.8 Å². The summed E-state index contributed by atoms with van der Waals surface area (Å²) in [6.07, 6.45) is 2.62. The number of nitrogens with one attached hydrogen (secondary N) is 1. The van der Waals surface area contributed by atoms with Crippen LogP contribution in [0.25, 0.3) is 0 Å². The van der Waals surface area contributed by atoms with Crippen molar-refractivity contribution >= 4 is 27.5 Å². The van der Waals surface area contributed by atoms with Gasteiger partial charge in [0.1, 0.15) is 11.7 Å². The monoisotopic (exact) mass is 315 g/mol. The van der Waals surface area contributed by atoms with E-state index in [9.17, 15) is 4.39 Å². The molecule has 0 aliphatic heterocycles. The summed E-state index contributed by atoms with van der Waals surface area (Å²) >= 11 is 3.37. The van der Waals surface area contributed by atoms with Crippen LogP contribution in [-0.4, -0.2) is 17.6 Å². The van der Waals surface area contributed by atoms with Gasteiger partial charge < -0.3 is 16.3 Å². The van der Waals surface area contributed by atoms with E-state index in [1.54, 1.807) is 6.07 Å². The Balaban J connectivity index is 1.97. The molecule has 6 heteroatoms. The lowest BCUT2D eigenvalue weighted by Gasteiger charge is -2.16. The van der Waals surface area contributed by atoms with Gasteiger partial charge in [-0.2, -0.15) is 0 Å². The van der Waals surface area contributed by atoms with Gasteiger partial charge in [-0.15, -0.1) is 0 Å². The molecule has 0 unspecified atom stereocenters. The average molecular weight is 316 g/mol. The first-order chi connectivity index (χ1) is 8.54. The van der Waals surface area contributed by atoms with E-state index in [0.717, 1.165) is 23.0 Å². The first kappa shape index (κ1) is 13.1. The fraction of sp³-hybridized carbons (Fsp3) is 0.417. The molecule has 0 spiro atoms. The Morgan fingerprint density at radius 3 is 2.89 bits per heavy atom. The largest absolute Gasteiger partial charge is 0.409 e. The van der Waals surface area contributed by atoms with Gasteiger partial charge in [-0.05, 0) is 52.4 Å². The van der Waals surface area contributed by atoms with Crippen molar-refractivity contribution in [3.63, 3.8) is 0 Å². The Morgan fingerprint density at radius 1 is 1.56 bits per heavy atom. The average Bonchev–Trinajstić information content (AvgIpc) is 3.10. The Kier molecular flexibility index (Phi) is 3.75. The second kappa shape index (κ2) is 5.14. The summed E-state index contributed by atoms with van der Waals surface area (Å²) < 4.78 is 13.9. The normalized spacial score (nSPS) is 17.6. The predicted octanol–water partition coefficient (Wildman–Crippen LogP) is 2.92. The molecular formula is C12H15BrFN3O. The Morgan fingerprint density at radius 2 is 2.28 bits per heavy atom. The zero-order valence-corrected chi connectivity index (χ0v) is 11.4. The van der Waals surface area contributed by atoms with Crippen molar-refractivity contribution < 1.29 is 9.60 Å². The van der Waals surface area contributed by atoms with E-state index >= 15 is 0 Å². The number of nitrogens with two attached hydrogens (primary N) is 1. The van der Waals surface area contributed by atoms with E-state index in [2.05, 4.69) is 26.4 Å². The van der Waals surface area contributed by atoms with Gasteiger partial charge in [-0.3, -0.25) is 0 Å². The van der Waals surface area contributed by atoms with Gasteiger partial charge in [0, 0.05) is 17.4 Å². The summed E-state index contributed by atoms with van der Waals surface area (Å²) in [4.78, 5) is 0. The molecule has 1 aromatic carbocycles. The zero-order valence-electron chi connectivity index (χ0n) is 9.79. The molecule has 4 N–H and O–H groups in total. The SMILES string of the molecule is N/C(CC1(CNc2cc(F)ccc2Br)CC1)=N/O. The molecule has 4 nitrogen and oxygen atoms in total. The van der Waals surface area contributed by atoms with Crippen molar-refractivity contribution in [2.45, 2.75) is 19.3 Å². The minimum absolute atomic E-state index is 0.0437. The lowest BCUT2D eigenvalue weighted by molar-refractivity contribution is 0.315. The minimum atomic E-state index is -0.276. The molecule has 0 radical (unpaired) electrons. The number of oxime groups is 1. The van der Waals surface area contributed by atoms with Crippen molar-refractivity contribution in [2.75, 3.05) is 11.9 Å². The first-order valence-corrected chi connectivity index (χ1v) is 6.49. The van der Waals surface area contributed by atoms with Gasteiger partial charge >= 0.3 is 0 Å². The maximum Gasteiger partial charge on any atom is 0.139 e. The van der Waals surface area contributed by atoms with Crippen molar-refractivity contribution in [2.24, 2.45) is 16.3 Å². The summed E-state index contributed by atoms with van der Waals surface area (Å²) in [5.74, 6) is -0.0328. The fourth-order valence-electron chi connectivity index (χ4n) is 1.93. The molecule has 1 saturated carbocycles.